The summed E-state index contributed by atoms with van der Waals surface area (Å²) in [6, 6.07) is 18.8. The van der Waals surface area contributed by atoms with Crippen LogP contribution >= 0.6 is 11.6 Å². The number of ether oxygens (including phenoxy) is 1. The van der Waals surface area contributed by atoms with Gasteiger partial charge in [0, 0.05) is 13.2 Å². The van der Waals surface area contributed by atoms with Crippen molar-refractivity contribution in [1.29, 1.82) is 0 Å². The number of benzene rings is 2. The first-order valence-corrected chi connectivity index (χ1v) is 7.12. The molecule has 2 aromatic rings. The van der Waals surface area contributed by atoms with Crippen molar-refractivity contribution in [3.8, 4) is 11.1 Å². The highest BCUT2D eigenvalue weighted by molar-refractivity contribution is 6.20. The minimum atomic E-state index is 0.0244. The van der Waals surface area contributed by atoms with E-state index in [-0.39, 0.29) is 5.38 Å². The molecule has 0 heterocycles. The maximum Gasteiger partial charge on any atom is 0.0607 e. The van der Waals surface area contributed by atoms with Crippen molar-refractivity contribution in [2.75, 3.05) is 13.2 Å². The van der Waals surface area contributed by atoms with Gasteiger partial charge in [-0.3, -0.25) is 0 Å². The second kappa shape index (κ2) is 7.32. The van der Waals surface area contributed by atoms with E-state index >= 15 is 0 Å². The molecule has 100 valence electrons. The van der Waals surface area contributed by atoms with Crippen LogP contribution in [0.25, 0.3) is 11.1 Å². The summed E-state index contributed by atoms with van der Waals surface area (Å²) in [5.74, 6) is 0. The summed E-state index contributed by atoms with van der Waals surface area (Å²) < 4.78 is 5.33. The maximum atomic E-state index is 6.36. The average molecular weight is 275 g/mol. The summed E-state index contributed by atoms with van der Waals surface area (Å²) in [5.41, 5.74) is 3.61. The molecule has 2 aromatic carbocycles. The van der Waals surface area contributed by atoms with E-state index in [1.807, 2.05) is 13.0 Å². The second-order valence-corrected chi connectivity index (χ2v) is 4.97. The molecule has 0 saturated heterocycles. The molecule has 0 bridgehead atoms. The molecular formula is C17H19ClO. The van der Waals surface area contributed by atoms with E-state index in [0.717, 1.165) is 18.6 Å². The number of rotatable bonds is 6. The zero-order valence-electron chi connectivity index (χ0n) is 11.2. The molecule has 0 fully saturated rings. The van der Waals surface area contributed by atoms with Crippen LogP contribution in [0.3, 0.4) is 0 Å². The molecule has 1 atom stereocenters. The SMILES string of the molecule is CCOCCC(Cl)c1ccc(-c2ccccc2)cc1. The van der Waals surface area contributed by atoms with E-state index in [9.17, 15) is 0 Å². The average Bonchev–Trinajstić information content (AvgIpc) is 2.48. The highest BCUT2D eigenvalue weighted by Crippen LogP contribution is 2.27. The lowest BCUT2D eigenvalue weighted by atomic mass is 10.0. The third kappa shape index (κ3) is 4.09. The summed E-state index contributed by atoms with van der Waals surface area (Å²) in [4.78, 5) is 0. The molecule has 0 aliphatic heterocycles. The van der Waals surface area contributed by atoms with Crippen molar-refractivity contribution < 1.29 is 4.74 Å². The maximum absolute atomic E-state index is 6.36. The fourth-order valence-corrected chi connectivity index (χ4v) is 2.25. The van der Waals surface area contributed by atoms with E-state index in [1.165, 1.54) is 11.1 Å². The Balaban J connectivity index is 2.02. The standard InChI is InChI=1S/C17H19ClO/c1-2-19-13-12-17(18)16-10-8-15(9-11-16)14-6-4-3-5-7-14/h3-11,17H,2,12-13H2,1H3. The molecule has 0 aliphatic rings. The molecule has 0 radical (unpaired) electrons. The second-order valence-electron chi connectivity index (χ2n) is 4.44. The van der Waals surface area contributed by atoms with Crippen LogP contribution in [-0.4, -0.2) is 13.2 Å². The molecule has 0 amide bonds. The quantitative estimate of drug-likeness (QED) is 0.528. The number of alkyl halides is 1. The van der Waals surface area contributed by atoms with Crippen molar-refractivity contribution in [2.24, 2.45) is 0 Å². The summed E-state index contributed by atoms with van der Waals surface area (Å²) >= 11 is 6.36. The normalized spacial score (nSPS) is 12.3. The van der Waals surface area contributed by atoms with Gasteiger partial charge in [-0.15, -0.1) is 11.6 Å². The van der Waals surface area contributed by atoms with Gasteiger partial charge in [-0.25, -0.2) is 0 Å². The minimum Gasteiger partial charge on any atom is -0.382 e. The third-order valence-electron chi connectivity index (χ3n) is 3.10. The van der Waals surface area contributed by atoms with E-state index in [0.29, 0.717) is 6.61 Å². The highest BCUT2D eigenvalue weighted by atomic mass is 35.5. The molecule has 0 spiro atoms. The Labute approximate surface area is 120 Å². The first-order chi connectivity index (χ1) is 9.31. The van der Waals surface area contributed by atoms with E-state index in [4.69, 9.17) is 16.3 Å². The zero-order chi connectivity index (χ0) is 13.5. The molecule has 0 saturated carbocycles. The van der Waals surface area contributed by atoms with Gasteiger partial charge in [-0.1, -0.05) is 54.6 Å². The first kappa shape index (κ1) is 14.1. The van der Waals surface area contributed by atoms with Crippen LogP contribution in [0.5, 0.6) is 0 Å². The number of hydrogen-bond acceptors (Lipinski definition) is 1. The smallest absolute Gasteiger partial charge is 0.0607 e. The molecular weight excluding hydrogens is 256 g/mol. The molecule has 0 aliphatic carbocycles. The van der Waals surface area contributed by atoms with Crippen LogP contribution in [0.4, 0.5) is 0 Å². The fraction of sp³-hybridized carbons (Fsp3) is 0.294. The number of hydrogen-bond donors (Lipinski definition) is 0. The largest absolute Gasteiger partial charge is 0.382 e. The lowest BCUT2D eigenvalue weighted by molar-refractivity contribution is 0.144. The van der Waals surface area contributed by atoms with Gasteiger partial charge < -0.3 is 4.74 Å². The van der Waals surface area contributed by atoms with Crippen LogP contribution < -0.4 is 0 Å². The summed E-state index contributed by atoms with van der Waals surface area (Å²) in [5, 5.41) is 0.0244. The summed E-state index contributed by atoms with van der Waals surface area (Å²) in [6.45, 7) is 3.46. The lowest BCUT2D eigenvalue weighted by Gasteiger charge is -2.10. The summed E-state index contributed by atoms with van der Waals surface area (Å²) in [7, 11) is 0. The molecule has 0 N–H and O–H groups in total. The van der Waals surface area contributed by atoms with E-state index < -0.39 is 0 Å². The zero-order valence-corrected chi connectivity index (χ0v) is 11.9. The molecule has 2 heteroatoms. The van der Waals surface area contributed by atoms with Crippen LogP contribution in [0.2, 0.25) is 0 Å². The van der Waals surface area contributed by atoms with Crippen LogP contribution in [0, 0.1) is 0 Å². The predicted molar refractivity (Wildman–Crippen MR) is 81.6 cm³/mol. The Morgan fingerprint density at radius 3 is 2.21 bits per heavy atom. The van der Waals surface area contributed by atoms with Crippen molar-refractivity contribution in [3.63, 3.8) is 0 Å². The van der Waals surface area contributed by atoms with Crippen LogP contribution in [0.1, 0.15) is 24.3 Å². The van der Waals surface area contributed by atoms with Crippen molar-refractivity contribution in [1.82, 2.24) is 0 Å². The Morgan fingerprint density at radius 2 is 1.58 bits per heavy atom. The monoisotopic (exact) mass is 274 g/mol. The van der Waals surface area contributed by atoms with Gasteiger partial charge in [-0.05, 0) is 30.0 Å². The fourth-order valence-electron chi connectivity index (χ4n) is 2.01. The van der Waals surface area contributed by atoms with Crippen molar-refractivity contribution >= 4 is 11.6 Å². The highest BCUT2D eigenvalue weighted by Gasteiger charge is 2.07. The predicted octanol–water partition coefficient (Wildman–Crippen LogP) is 5.06. The van der Waals surface area contributed by atoms with Gasteiger partial charge in [0.05, 0.1) is 5.38 Å². The van der Waals surface area contributed by atoms with Gasteiger partial charge in [0.15, 0.2) is 0 Å². The minimum absolute atomic E-state index is 0.0244. The Hall–Kier alpha value is -1.31. The van der Waals surface area contributed by atoms with Gasteiger partial charge in [0.25, 0.3) is 0 Å². The first-order valence-electron chi connectivity index (χ1n) is 6.68. The molecule has 19 heavy (non-hydrogen) atoms. The van der Waals surface area contributed by atoms with Gasteiger partial charge >= 0.3 is 0 Å². The van der Waals surface area contributed by atoms with Gasteiger partial charge in [0.2, 0.25) is 0 Å². The molecule has 1 unspecified atom stereocenters. The lowest BCUT2D eigenvalue weighted by Crippen LogP contribution is -1.98. The number of halogens is 1. The topological polar surface area (TPSA) is 9.23 Å². The van der Waals surface area contributed by atoms with Crippen molar-refractivity contribution in [2.45, 2.75) is 18.7 Å². The van der Waals surface area contributed by atoms with Gasteiger partial charge in [0.1, 0.15) is 0 Å². The molecule has 2 rings (SSSR count). The van der Waals surface area contributed by atoms with E-state index in [1.54, 1.807) is 0 Å². The van der Waals surface area contributed by atoms with Crippen LogP contribution in [0.15, 0.2) is 54.6 Å². The van der Waals surface area contributed by atoms with Gasteiger partial charge in [-0.2, -0.15) is 0 Å². The van der Waals surface area contributed by atoms with Crippen LogP contribution in [-0.2, 0) is 4.74 Å². The Morgan fingerprint density at radius 1 is 0.947 bits per heavy atom. The Kier molecular flexibility index (Phi) is 5.44. The van der Waals surface area contributed by atoms with E-state index in [2.05, 4.69) is 48.5 Å². The molecule has 0 aromatic heterocycles. The van der Waals surface area contributed by atoms with Crippen molar-refractivity contribution in [3.05, 3.63) is 60.2 Å². The molecule has 1 nitrogen and oxygen atoms in total. The third-order valence-corrected chi connectivity index (χ3v) is 3.57. The summed E-state index contributed by atoms with van der Waals surface area (Å²) in [6.07, 6.45) is 0.847. The Bertz CT molecular complexity index is 478.